The summed E-state index contributed by atoms with van der Waals surface area (Å²) in [5.41, 5.74) is 3.33. The van der Waals surface area contributed by atoms with E-state index in [0.29, 0.717) is 12.8 Å². The zero-order valence-corrected chi connectivity index (χ0v) is 8.16. The van der Waals surface area contributed by atoms with Crippen LogP contribution >= 0.6 is 0 Å². The van der Waals surface area contributed by atoms with Crippen molar-refractivity contribution in [1.82, 2.24) is 4.98 Å². The average molecular weight is 191 g/mol. The number of aromatic nitrogens is 1. The molecule has 0 spiro atoms. The lowest BCUT2D eigenvalue weighted by molar-refractivity contribution is -0.141. The van der Waals surface area contributed by atoms with Gasteiger partial charge in [-0.2, -0.15) is 0 Å². The van der Waals surface area contributed by atoms with Crippen LogP contribution in [0.15, 0.2) is 12.3 Å². The zero-order valence-electron chi connectivity index (χ0n) is 8.16. The van der Waals surface area contributed by atoms with Crippen LogP contribution in [0.5, 0.6) is 0 Å². The summed E-state index contributed by atoms with van der Waals surface area (Å²) in [4.78, 5) is 15.1. The van der Waals surface area contributed by atoms with Crippen LogP contribution in [0.4, 0.5) is 0 Å². The topological polar surface area (TPSA) is 50.2 Å². The Kier molecular flexibility index (Phi) is 2.23. The Labute approximate surface area is 82.8 Å². The number of nitrogens with zero attached hydrogens (tertiary/aromatic N) is 1. The molecule has 0 saturated heterocycles. The van der Waals surface area contributed by atoms with Crippen molar-refractivity contribution in [2.24, 2.45) is 5.92 Å². The number of aryl methyl sites for hydroxylation is 1. The van der Waals surface area contributed by atoms with E-state index in [9.17, 15) is 4.79 Å². The van der Waals surface area contributed by atoms with Crippen molar-refractivity contribution < 1.29 is 9.90 Å². The summed E-state index contributed by atoms with van der Waals surface area (Å²) in [5.74, 6) is -0.932. The van der Waals surface area contributed by atoms with Crippen LogP contribution in [0.25, 0.3) is 0 Å². The van der Waals surface area contributed by atoms with Gasteiger partial charge in [-0.3, -0.25) is 9.78 Å². The maximum absolute atomic E-state index is 10.8. The Bertz CT molecular complexity index is 374. The summed E-state index contributed by atoms with van der Waals surface area (Å²) in [6.45, 7) is 2.05. The first kappa shape index (κ1) is 9.19. The molecule has 3 heteroatoms. The highest BCUT2D eigenvalue weighted by Gasteiger charge is 2.27. The van der Waals surface area contributed by atoms with E-state index < -0.39 is 5.97 Å². The Morgan fingerprint density at radius 3 is 2.93 bits per heavy atom. The third kappa shape index (κ3) is 1.50. The van der Waals surface area contributed by atoms with Crippen molar-refractivity contribution in [3.8, 4) is 0 Å². The van der Waals surface area contributed by atoms with Crippen LogP contribution < -0.4 is 0 Å². The molecule has 3 nitrogen and oxygen atoms in total. The Balaban J connectivity index is 2.27. The molecular formula is C11H13NO2. The van der Waals surface area contributed by atoms with Gasteiger partial charge in [0.1, 0.15) is 0 Å². The number of fused-ring (bicyclic) bond motifs is 1. The van der Waals surface area contributed by atoms with E-state index in [1.54, 1.807) is 0 Å². The minimum atomic E-state index is -0.695. The summed E-state index contributed by atoms with van der Waals surface area (Å²) in [6.07, 6.45) is 4.05. The highest BCUT2D eigenvalue weighted by molar-refractivity contribution is 5.72. The van der Waals surface area contributed by atoms with E-state index in [2.05, 4.69) is 11.9 Å². The van der Waals surface area contributed by atoms with Crippen molar-refractivity contribution >= 4 is 5.97 Å². The minimum Gasteiger partial charge on any atom is -0.481 e. The van der Waals surface area contributed by atoms with Crippen LogP contribution in [-0.4, -0.2) is 16.1 Å². The SMILES string of the molecule is CCc1cc2c(cn1)CC(C(=O)O)C2. The molecule has 1 aromatic heterocycles. The van der Waals surface area contributed by atoms with Gasteiger partial charge in [0.05, 0.1) is 5.92 Å². The molecule has 1 aliphatic carbocycles. The molecule has 1 heterocycles. The van der Waals surface area contributed by atoms with Crippen molar-refractivity contribution in [3.05, 3.63) is 29.1 Å². The number of hydrogen-bond acceptors (Lipinski definition) is 2. The first-order valence-corrected chi connectivity index (χ1v) is 4.90. The average Bonchev–Trinajstić information content (AvgIpc) is 2.59. The van der Waals surface area contributed by atoms with E-state index in [1.165, 1.54) is 5.56 Å². The predicted molar refractivity (Wildman–Crippen MR) is 52.1 cm³/mol. The normalized spacial score (nSPS) is 19.4. The molecule has 1 unspecified atom stereocenters. The third-order valence-corrected chi connectivity index (χ3v) is 2.78. The number of rotatable bonds is 2. The van der Waals surface area contributed by atoms with Crippen molar-refractivity contribution in [1.29, 1.82) is 0 Å². The number of pyridine rings is 1. The van der Waals surface area contributed by atoms with Crippen molar-refractivity contribution in [2.75, 3.05) is 0 Å². The smallest absolute Gasteiger partial charge is 0.307 e. The Hall–Kier alpha value is -1.38. The fourth-order valence-corrected chi connectivity index (χ4v) is 1.92. The number of carboxylic acids is 1. The maximum atomic E-state index is 10.8. The second-order valence-corrected chi connectivity index (χ2v) is 3.74. The van der Waals surface area contributed by atoms with Crippen molar-refractivity contribution in [2.45, 2.75) is 26.2 Å². The molecule has 0 amide bonds. The number of carboxylic acid groups (broad SMARTS) is 1. The molecule has 0 radical (unpaired) electrons. The fraction of sp³-hybridized carbons (Fsp3) is 0.455. The van der Waals surface area contributed by atoms with Crippen LogP contribution in [-0.2, 0) is 24.1 Å². The highest BCUT2D eigenvalue weighted by Crippen LogP contribution is 2.26. The molecular weight excluding hydrogens is 178 g/mol. The van der Waals surface area contributed by atoms with Gasteiger partial charge in [-0.05, 0) is 36.5 Å². The molecule has 1 N–H and O–H groups in total. The predicted octanol–water partition coefficient (Wildman–Crippen LogP) is 1.44. The number of aliphatic carboxylic acids is 1. The third-order valence-electron chi connectivity index (χ3n) is 2.78. The molecule has 0 aromatic carbocycles. The van der Waals surface area contributed by atoms with Gasteiger partial charge >= 0.3 is 5.97 Å². The van der Waals surface area contributed by atoms with Gasteiger partial charge in [-0.1, -0.05) is 6.92 Å². The van der Waals surface area contributed by atoms with Crippen molar-refractivity contribution in [3.63, 3.8) is 0 Å². The molecule has 14 heavy (non-hydrogen) atoms. The van der Waals surface area contributed by atoms with Gasteiger partial charge < -0.3 is 5.11 Å². The van der Waals surface area contributed by atoms with Gasteiger partial charge in [-0.25, -0.2) is 0 Å². The fourth-order valence-electron chi connectivity index (χ4n) is 1.92. The minimum absolute atomic E-state index is 0.237. The standard InChI is InChI=1S/C11H13NO2/c1-2-10-5-7-3-8(11(13)14)4-9(7)6-12-10/h5-6,8H,2-4H2,1H3,(H,13,14). The summed E-state index contributed by atoms with van der Waals surface area (Å²) in [7, 11) is 0. The summed E-state index contributed by atoms with van der Waals surface area (Å²) < 4.78 is 0. The second kappa shape index (κ2) is 3.40. The zero-order chi connectivity index (χ0) is 10.1. The van der Waals surface area contributed by atoms with Gasteiger partial charge in [-0.15, -0.1) is 0 Å². The molecule has 1 aliphatic rings. The molecule has 0 saturated carbocycles. The first-order valence-electron chi connectivity index (χ1n) is 4.90. The lowest BCUT2D eigenvalue weighted by Crippen LogP contribution is -2.12. The summed E-state index contributed by atoms with van der Waals surface area (Å²) >= 11 is 0. The molecule has 74 valence electrons. The monoisotopic (exact) mass is 191 g/mol. The maximum Gasteiger partial charge on any atom is 0.307 e. The molecule has 1 atom stereocenters. The van der Waals surface area contributed by atoms with E-state index in [1.807, 2.05) is 12.3 Å². The van der Waals surface area contributed by atoms with Gasteiger partial charge in [0.2, 0.25) is 0 Å². The van der Waals surface area contributed by atoms with E-state index >= 15 is 0 Å². The molecule has 0 aliphatic heterocycles. The van der Waals surface area contributed by atoms with Crippen LogP contribution in [0.3, 0.4) is 0 Å². The summed E-state index contributed by atoms with van der Waals surface area (Å²) in [6, 6.07) is 2.04. The second-order valence-electron chi connectivity index (χ2n) is 3.74. The molecule has 0 fully saturated rings. The molecule has 1 aromatic rings. The van der Waals surface area contributed by atoms with Crippen LogP contribution in [0, 0.1) is 5.92 Å². The molecule has 0 bridgehead atoms. The Morgan fingerprint density at radius 1 is 1.57 bits per heavy atom. The van der Waals surface area contributed by atoms with Gasteiger partial charge in [0, 0.05) is 11.9 Å². The lowest BCUT2D eigenvalue weighted by atomic mass is 10.1. The van der Waals surface area contributed by atoms with Gasteiger partial charge in [0.25, 0.3) is 0 Å². The van der Waals surface area contributed by atoms with E-state index in [4.69, 9.17) is 5.11 Å². The summed E-state index contributed by atoms with van der Waals surface area (Å²) in [5, 5.41) is 8.89. The number of carbonyl (C=O) groups is 1. The lowest BCUT2D eigenvalue weighted by Gasteiger charge is -2.00. The molecule has 2 rings (SSSR count). The Morgan fingerprint density at radius 2 is 2.29 bits per heavy atom. The van der Waals surface area contributed by atoms with E-state index in [0.717, 1.165) is 17.7 Å². The van der Waals surface area contributed by atoms with Crippen LogP contribution in [0.1, 0.15) is 23.7 Å². The largest absolute Gasteiger partial charge is 0.481 e. The van der Waals surface area contributed by atoms with E-state index in [-0.39, 0.29) is 5.92 Å². The van der Waals surface area contributed by atoms with Crippen LogP contribution in [0.2, 0.25) is 0 Å². The highest BCUT2D eigenvalue weighted by atomic mass is 16.4. The van der Waals surface area contributed by atoms with Gasteiger partial charge in [0.15, 0.2) is 0 Å². The number of hydrogen-bond donors (Lipinski definition) is 1. The quantitative estimate of drug-likeness (QED) is 0.769. The first-order chi connectivity index (χ1) is 6.70.